The number of hydrogen-bond acceptors (Lipinski definition) is 5. The summed E-state index contributed by atoms with van der Waals surface area (Å²) in [7, 11) is 1.09. The fraction of sp³-hybridized carbons (Fsp3) is 0.381. The van der Waals surface area contributed by atoms with Crippen LogP contribution in [0.3, 0.4) is 0 Å². The lowest BCUT2D eigenvalue weighted by Crippen LogP contribution is -2.45. The highest BCUT2D eigenvalue weighted by Crippen LogP contribution is 2.39. The quantitative estimate of drug-likeness (QED) is 0.226. The Hall–Kier alpha value is -3.29. The molecule has 0 saturated heterocycles. The molecule has 0 aliphatic heterocycles. The third-order valence-electron chi connectivity index (χ3n) is 4.97. The number of carbonyl (C=O) groups excluding carboxylic acids is 1. The molecule has 0 atom stereocenters. The lowest BCUT2D eigenvalue weighted by Gasteiger charge is -2.24. The Bertz CT molecular complexity index is 1180. The van der Waals surface area contributed by atoms with Gasteiger partial charge in [0.25, 0.3) is 12.3 Å². The zero-order chi connectivity index (χ0) is 26.8. The number of benzene rings is 1. The monoisotopic (exact) mass is 541 g/mol. The SMILES string of the molecule is CN/C(=C(/OCC(F)F)C(=N)C(F)(F)C(F)(F)F)n1cc(-c2ccc(Cl)c(C(=O)NC3CC3)c2)cn1. The van der Waals surface area contributed by atoms with Crippen LogP contribution in [0.5, 0.6) is 0 Å². The number of nitrogens with zero attached hydrogens (tertiary/aromatic N) is 2. The van der Waals surface area contributed by atoms with Crippen molar-refractivity contribution in [2.45, 2.75) is 37.4 Å². The molecule has 0 bridgehead atoms. The second kappa shape index (κ2) is 10.4. The number of hydrogen-bond donors (Lipinski definition) is 3. The molecule has 0 spiro atoms. The van der Waals surface area contributed by atoms with Crippen LogP contribution in [0.25, 0.3) is 16.9 Å². The Morgan fingerprint density at radius 3 is 2.47 bits per heavy atom. The van der Waals surface area contributed by atoms with E-state index >= 15 is 0 Å². The Morgan fingerprint density at radius 1 is 1.25 bits per heavy atom. The molecule has 1 aromatic carbocycles. The largest absolute Gasteiger partial charge is 0.482 e. The number of aromatic nitrogens is 2. The Morgan fingerprint density at radius 2 is 1.92 bits per heavy atom. The maximum Gasteiger partial charge on any atom is 0.459 e. The summed E-state index contributed by atoms with van der Waals surface area (Å²) in [6, 6.07) is 4.42. The molecule has 15 heteroatoms. The van der Waals surface area contributed by atoms with Crippen LogP contribution in [0.1, 0.15) is 23.2 Å². The third kappa shape index (κ3) is 5.91. The zero-order valence-corrected chi connectivity index (χ0v) is 19.2. The van der Waals surface area contributed by atoms with Gasteiger partial charge >= 0.3 is 12.1 Å². The summed E-state index contributed by atoms with van der Waals surface area (Å²) >= 11 is 6.11. The first kappa shape index (κ1) is 27.3. The van der Waals surface area contributed by atoms with Crippen molar-refractivity contribution >= 4 is 29.0 Å². The van der Waals surface area contributed by atoms with E-state index in [0.29, 0.717) is 5.56 Å². The summed E-state index contributed by atoms with van der Waals surface area (Å²) in [6.45, 7) is -1.55. The number of carbonyl (C=O) groups is 1. The van der Waals surface area contributed by atoms with Crippen molar-refractivity contribution in [1.29, 1.82) is 5.41 Å². The van der Waals surface area contributed by atoms with E-state index in [-0.39, 0.29) is 22.2 Å². The van der Waals surface area contributed by atoms with Crippen molar-refractivity contribution < 1.29 is 40.3 Å². The maximum absolute atomic E-state index is 13.9. The molecule has 1 fully saturated rings. The van der Waals surface area contributed by atoms with Crippen molar-refractivity contribution in [3.63, 3.8) is 0 Å². The van der Waals surface area contributed by atoms with Crippen LogP contribution < -0.4 is 10.6 Å². The van der Waals surface area contributed by atoms with Crippen molar-refractivity contribution in [1.82, 2.24) is 20.4 Å². The number of alkyl halides is 7. The normalized spacial score (nSPS) is 14.9. The highest BCUT2D eigenvalue weighted by Gasteiger charge is 2.62. The van der Waals surface area contributed by atoms with Crippen molar-refractivity contribution in [3.8, 4) is 11.1 Å². The van der Waals surface area contributed by atoms with Crippen LogP contribution in [0.15, 0.2) is 36.4 Å². The molecule has 0 unspecified atom stereocenters. The van der Waals surface area contributed by atoms with Gasteiger partial charge in [0.15, 0.2) is 17.3 Å². The van der Waals surface area contributed by atoms with Crippen molar-refractivity contribution in [2.75, 3.05) is 13.7 Å². The van der Waals surface area contributed by atoms with Gasteiger partial charge in [-0.2, -0.15) is 27.1 Å². The minimum absolute atomic E-state index is 0.0556. The number of amides is 1. The molecular weight excluding hydrogens is 523 g/mol. The molecule has 36 heavy (non-hydrogen) atoms. The van der Waals surface area contributed by atoms with Gasteiger partial charge in [-0.05, 0) is 30.5 Å². The first-order chi connectivity index (χ1) is 16.8. The summed E-state index contributed by atoms with van der Waals surface area (Å²) in [4.78, 5) is 12.4. The molecule has 1 aliphatic rings. The Balaban J connectivity index is 2.02. The molecule has 0 radical (unpaired) electrons. The van der Waals surface area contributed by atoms with E-state index in [1.807, 2.05) is 0 Å². The van der Waals surface area contributed by atoms with Crippen LogP contribution in [0.2, 0.25) is 5.02 Å². The first-order valence-electron chi connectivity index (χ1n) is 10.3. The van der Waals surface area contributed by atoms with Crippen molar-refractivity contribution in [2.24, 2.45) is 0 Å². The van der Waals surface area contributed by atoms with Crippen LogP contribution in [-0.2, 0) is 4.74 Å². The Labute approximate surface area is 204 Å². The van der Waals surface area contributed by atoms with Gasteiger partial charge in [-0.25, -0.2) is 13.5 Å². The molecule has 3 N–H and O–H groups in total. The molecule has 1 saturated carbocycles. The molecule has 3 rings (SSSR count). The Kier molecular flexibility index (Phi) is 7.86. The van der Waals surface area contributed by atoms with Gasteiger partial charge in [0.2, 0.25) is 0 Å². The van der Waals surface area contributed by atoms with Crippen LogP contribution in [0, 0.1) is 5.41 Å². The molecule has 1 heterocycles. The van der Waals surface area contributed by atoms with Crippen LogP contribution >= 0.6 is 11.6 Å². The van der Waals surface area contributed by atoms with Crippen molar-refractivity contribution in [3.05, 3.63) is 46.9 Å². The lowest BCUT2D eigenvalue weighted by molar-refractivity contribution is -0.249. The molecule has 196 valence electrons. The number of rotatable bonds is 10. The molecule has 7 nitrogen and oxygen atoms in total. The van der Waals surface area contributed by atoms with E-state index < -0.39 is 48.3 Å². The van der Waals surface area contributed by atoms with Gasteiger partial charge < -0.3 is 15.4 Å². The maximum atomic E-state index is 13.9. The third-order valence-corrected chi connectivity index (χ3v) is 5.30. The minimum atomic E-state index is -6.18. The van der Waals surface area contributed by atoms with E-state index in [2.05, 4.69) is 20.5 Å². The van der Waals surface area contributed by atoms with Gasteiger partial charge in [-0.15, -0.1) is 0 Å². The van der Waals surface area contributed by atoms with E-state index in [4.69, 9.17) is 17.0 Å². The summed E-state index contributed by atoms with van der Waals surface area (Å²) in [5.74, 6) is -8.33. The highest BCUT2D eigenvalue weighted by molar-refractivity contribution is 6.34. The highest BCUT2D eigenvalue weighted by atomic mass is 35.5. The second-order valence-corrected chi connectivity index (χ2v) is 8.10. The number of ether oxygens (including phenoxy) is 1. The molecular formula is C21H19ClF7N5O2. The minimum Gasteiger partial charge on any atom is -0.482 e. The van der Waals surface area contributed by atoms with Gasteiger partial charge in [0.1, 0.15) is 6.61 Å². The van der Waals surface area contributed by atoms with E-state index in [0.717, 1.165) is 30.8 Å². The zero-order valence-electron chi connectivity index (χ0n) is 18.4. The number of allylic oxidation sites excluding steroid dienone is 1. The van der Waals surface area contributed by atoms with Gasteiger partial charge in [-0.3, -0.25) is 10.2 Å². The molecule has 1 amide bonds. The van der Waals surface area contributed by atoms with Gasteiger partial charge in [0, 0.05) is 24.8 Å². The van der Waals surface area contributed by atoms with Crippen LogP contribution in [-0.4, -0.2) is 59.6 Å². The van der Waals surface area contributed by atoms with E-state index in [1.54, 1.807) is 0 Å². The molecule has 1 aromatic heterocycles. The molecule has 2 aromatic rings. The standard InChI is InChI=1S/C21H19ClF7N5O2/c1-31-18(16(36-9-15(23)24)17(30)20(25,26)21(27,28)29)34-8-11(7-32-34)10-2-5-14(22)13(6-10)19(35)33-12-3-4-12/h2,5-8,12,15,30-31H,3-4,9H2,1H3,(H,33,35)/b18-16-,30-17?. The summed E-state index contributed by atoms with van der Waals surface area (Å²) in [5, 5.41) is 16.5. The fourth-order valence-electron chi connectivity index (χ4n) is 2.99. The number of nitrogens with one attached hydrogen (secondary N) is 3. The topological polar surface area (TPSA) is 92.0 Å². The summed E-state index contributed by atoms with van der Waals surface area (Å²) in [5.41, 5.74) is -1.59. The lowest BCUT2D eigenvalue weighted by atomic mass is 10.1. The summed E-state index contributed by atoms with van der Waals surface area (Å²) in [6.07, 6.45) is -5.39. The van der Waals surface area contributed by atoms with E-state index in [9.17, 15) is 35.5 Å². The molecule has 1 aliphatic carbocycles. The fourth-order valence-corrected chi connectivity index (χ4v) is 3.19. The van der Waals surface area contributed by atoms with Gasteiger partial charge in [0.05, 0.1) is 16.8 Å². The van der Waals surface area contributed by atoms with Gasteiger partial charge in [-0.1, -0.05) is 17.7 Å². The average Bonchev–Trinajstić information content (AvgIpc) is 3.48. The smallest absolute Gasteiger partial charge is 0.459 e. The second-order valence-electron chi connectivity index (χ2n) is 7.69. The number of halogens is 8. The predicted molar refractivity (Wildman–Crippen MR) is 116 cm³/mol. The van der Waals surface area contributed by atoms with E-state index in [1.165, 1.54) is 24.4 Å². The average molecular weight is 542 g/mol. The summed E-state index contributed by atoms with van der Waals surface area (Å²) < 4.78 is 96.9. The predicted octanol–water partition coefficient (Wildman–Crippen LogP) is 4.94. The first-order valence-corrected chi connectivity index (χ1v) is 10.7. The van der Waals surface area contributed by atoms with Crippen LogP contribution in [0.4, 0.5) is 30.7 Å².